The van der Waals surface area contributed by atoms with Gasteiger partial charge in [0.05, 0.1) is 31.1 Å². The molecular weight excluding hydrogens is 232 g/mol. The fourth-order valence-corrected chi connectivity index (χ4v) is 1.92. The third-order valence-electron chi connectivity index (χ3n) is 2.98. The summed E-state index contributed by atoms with van der Waals surface area (Å²) in [6, 6.07) is 0.0636. The van der Waals surface area contributed by atoms with Gasteiger partial charge in [-0.1, -0.05) is 0 Å². The largest absolute Gasteiger partial charge is 0.375 e. The highest BCUT2D eigenvalue weighted by atomic mass is 16.5. The van der Waals surface area contributed by atoms with Crippen LogP contribution in [0.25, 0.3) is 0 Å². The number of hydrogen-bond acceptors (Lipinski definition) is 5. The lowest BCUT2D eigenvalue weighted by atomic mass is 10.2. The van der Waals surface area contributed by atoms with E-state index in [1.807, 2.05) is 13.8 Å². The Balaban J connectivity index is 2.18. The molecule has 1 fully saturated rings. The van der Waals surface area contributed by atoms with E-state index in [-0.39, 0.29) is 18.1 Å². The maximum atomic E-state index is 12.4. The van der Waals surface area contributed by atoms with Crippen molar-refractivity contribution in [1.29, 1.82) is 0 Å². The fourth-order valence-electron chi connectivity index (χ4n) is 1.92. The Morgan fingerprint density at radius 1 is 1.50 bits per heavy atom. The van der Waals surface area contributed by atoms with E-state index in [0.29, 0.717) is 24.7 Å². The number of anilines is 1. The summed E-state index contributed by atoms with van der Waals surface area (Å²) < 4.78 is 5.51. The van der Waals surface area contributed by atoms with Gasteiger partial charge in [-0.15, -0.1) is 0 Å². The molecule has 1 aromatic rings. The number of nitrogens with one attached hydrogen (secondary N) is 1. The summed E-state index contributed by atoms with van der Waals surface area (Å²) in [5, 5.41) is 2.88. The molecular formula is C12H18N4O2. The Morgan fingerprint density at radius 3 is 3.00 bits per heavy atom. The Hall–Kier alpha value is -1.69. The highest BCUT2D eigenvalue weighted by Crippen LogP contribution is 2.14. The average Bonchev–Trinajstić information content (AvgIpc) is 2.41. The number of carbonyl (C=O) groups is 1. The fraction of sp³-hybridized carbons (Fsp3) is 0.583. The topological polar surface area (TPSA) is 67.4 Å². The molecule has 1 N–H and O–H groups in total. The Kier molecular flexibility index (Phi) is 3.76. The van der Waals surface area contributed by atoms with E-state index in [1.54, 1.807) is 18.1 Å². The van der Waals surface area contributed by atoms with E-state index in [2.05, 4.69) is 15.3 Å². The van der Waals surface area contributed by atoms with Crippen LogP contribution in [0.1, 0.15) is 24.3 Å². The number of rotatable bonds is 2. The second-order valence-electron chi connectivity index (χ2n) is 4.49. The molecule has 2 unspecified atom stereocenters. The molecule has 2 heterocycles. The van der Waals surface area contributed by atoms with E-state index in [9.17, 15) is 4.79 Å². The van der Waals surface area contributed by atoms with Gasteiger partial charge in [0.1, 0.15) is 11.5 Å². The Bertz CT molecular complexity index is 438. The van der Waals surface area contributed by atoms with Crippen LogP contribution < -0.4 is 5.32 Å². The van der Waals surface area contributed by atoms with Crippen LogP contribution in [0.3, 0.4) is 0 Å². The molecule has 0 aromatic carbocycles. The van der Waals surface area contributed by atoms with Crippen LogP contribution in [0.2, 0.25) is 0 Å². The van der Waals surface area contributed by atoms with Crippen LogP contribution in [0.4, 0.5) is 5.82 Å². The molecule has 0 aliphatic carbocycles. The van der Waals surface area contributed by atoms with E-state index < -0.39 is 0 Å². The number of hydrogen-bond donors (Lipinski definition) is 1. The van der Waals surface area contributed by atoms with E-state index >= 15 is 0 Å². The van der Waals surface area contributed by atoms with Crippen LogP contribution in [-0.2, 0) is 4.74 Å². The smallest absolute Gasteiger partial charge is 0.274 e. The van der Waals surface area contributed by atoms with Crippen molar-refractivity contribution in [3.8, 4) is 0 Å². The lowest BCUT2D eigenvalue weighted by Gasteiger charge is -2.36. The van der Waals surface area contributed by atoms with E-state index in [4.69, 9.17) is 4.74 Å². The van der Waals surface area contributed by atoms with Crippen LogP contribution in [0.5, 0.6) is 0 Å². The molecule has 2 rings (SSSR count). The molecule has 1 aliphatic rings. The minimum atomic E-state index is -0.0951. The monoisotopic (exact) mass is 250 g/mol. The minimum absolute atomic E-state index is 0.0607. The van der Waals surface area contributed by atoms with Crippen molar-refractivity contribution in [3.05, 3.63) is 18.1 Å². The maximum Gasteiger partial charge on any atom is 0.274 e. The lowest BCUT2D eigenvalue weighted by molar-refractivity contribution is -0.0389. The second-order valence-corrected chi connectivity index (χ2v) is 4.49. The number of carbonyl (C=O) groups excluding carboxylic acids is 1. The molecule has 18 heavy (non-hydrogen) atoms. The van der Waals surface area contributed by atoms with Gasteiger partial charge in [0, 0.05) is 13.6 Å². The minimum Gasteiger partial charge on any atom is -0.375 e. The first-order valence-electron chi connectivity index (χ1n) is 6.04. The SMILES string of the molecule is CNc1cncc(C(=O)N2CC(C)OCC2C)n1. The summed E-state index contributed by atoms with van der Waals surface area (Å²) >= 11 is 0. The van der Waals surface area contributed by atoms with Crippen LogP contribution in [-0.4, -0.2) is 53.1 Å². The molecule has 1 saturated heterocycles. The van der Waals surface area contributed by atoms with Gasteiger partial charge < -0.3 is 15.0 Å². The maximum absolute atomic E-state index is 12.4. The number of amides is 1. The highest BCUT2D eigenvalue weighted by molar-refractivity contribution is 5.92. The van der Waals surface area contributed by atoms with Gasteiger partial charge in [0.15, 0.2) is 0 Å². The predicted molar refractivity (Wildman–Crippen MR) is 67.5 cm³/mol. The number of nitrogens with zero attached hydrogens (tertiary/aromatic N) is 3. The molecule has 2 atom stereocenters. The molecule has 0 radical (unpaired) electrons. The molecule has 1 aliphatic heterocycles. The summed E-state index contributed by atoms with van der Waals surface area (Å²) in [5.74, 6) is 0.497. The first-order valence-corrected chi connectivity index (χ1v) is 6.04. The van der Waals surface area contributed by atoms with Crippen molar-refractivity contribution in [3.63, 3.8) is 0 Å². The zero-order valence-corrected chi connectivity index (χ0v) is 10.9. The van der Waals surface area contributed by atoms with Crippen molar-refractivity contribution in [1.82, 2.24) is 14.9 Å². The van der Waals surface area contributed by atoms with Gasteiger partial charge in [0.25, 0.3) is 5.91 Å². The Morgan fingerprint density at radius 2 is 2.28 bits per heavy atom. The van der Waals surface area contributed by atoms with Gasteiger partial charge in [0.2, 0.25) is 0 Å². The average molecular weight is 250 g/mol. The summed E-state index contributed by atoms with van der Waals surface area (Å²) in [4.78, 5) is 22.4. The molecule has 0 bridgehead atoms. The van der Waals surface area contributed by atoms with Crippen LogP contribution in [0.15, 0.2) is 12.4 Å². The predicted octanol–water partition coefficient (Wildman–Crippen LogP) is 0.768. The van der Waals surface area contributed by atoms with Crippen LogP contribution in [0, 0.1) is 0 Å². The normalized spacial score (nSPS) is 23.8. The van der Waals surface area contributed by atoms with Crippen LogP contribution >= 0.6 is 0 Å². The zero-order valence-electron chi connectivity index (χ0n) is 10.9. The van der Waals surface area contributed by atoms with Crippen molar-refractivity contribution in [2.24, 2.45) is 0 Å². The molecule has 98 valence electrons. The third-order valence-corrected chi connectivity index (χ3v) is 2.98. The molecule has 1 amide bonds. The van der Waals surface area contributed by atoms with Crippen molar-refractivity contribution < 1.29 is 9.53 Å². The van der Waals surface area contributed by atoms with Crippen molar-refractivity contribution >= 4 is 11.7 Å². The summed E-state index contributed by atoms with van der Waals surface area (Å²) in [6.07, 6.45) is 3.14. The molecule has 0 spiro atoms. The molecule has 6 nitrogen and oxygen atoms in total. The molecule has 0 saturated carbocycles. The van der Waals surface area contributed by atoms with Gasteiger partial charge in [-0.3, -0.25) is 9.78 Å². The molecule has 6 heteroatoms. The van der Waals surface area contributed by atoms with Crippen molar-refractivity contribution in [2.45, 2.75) is 26.0 Å². The van der Waals surface area contributed by atoms with E-state index in [1.165, 1.54) is 6.20 Å². The number of aromatic nitrogens is 2. The van der Waals surface area contributed by atoms with Crippen molar-refractivity contribution in [2.75, 3.05) is 25.5 Å². The lowest BCUT2D eigenvalue weighted by Crippen LogP contribution is -2.50. The van der Waals surface area contributed by atoms with Gasteiger partial charge in [-0.25, -0.2) is 4.98 Å². The number of morpholine rings is 1. The van der Waals surface area contributed by atoms with E-state index in [0.717, 1.165) is 0 Å². The molecule has 1 aromatic heterocycles. The highest BCUT2D eigenvalue weighted by Gasteiger charge is 2.29. The number of ether oxygens (including phenoxy) is 1. The third kappa shape index (κ3) is 2.59. The quantitative estimate of drug-likeness (QED) is 0.839. The first-order chi connectivity index (χ1) is 8.61. The summed E-state index contributed by atoms with van der Waals surface area (Å²) in [6.45, 7) is 5.08. The zero-order chi connectivity index (χ0) is 13.1. The summed E-state index contributed by atoms with van der Waals surface area (Å²) in [7, 11) is 1.75. The standard InChI is InChI=1S/C12H18N4O2/c1-8-7-18-9(2)6-16(8)12(17)10-4-14-5-11(13-3)15-10/h4-5,8-9H,6-7H2,1-3H3,(H,13,15). The first kappa shape index (κ1) is 12.8. The van der Waals surface area contributed by atoms with Gasteiger partial charge >= 0.3 is 0 Å². The van der Waals surface area contributed by atoms with Gasteiger partial charge in [-0.2, -0.15) is 0 Å². The van der Waals surface area contributed by atoms with Gasteiger partial charge in [-0.05, 0) is 13.8 Å². The second kappa shape index (κ2) is 5.30. The Labute approximate surface area is 106 Å². The summed E-state index contributed by atoms with van der Waals surface area (Å²) in [5.41, 5.74) is 0.364.